The van der Waals surface area contributed by atoms with Gasteiger partial charge in [0.1, 0.15) is 0 Å². The Balaban J connectivity index is 1.98. The molecule has 2 aromatic rings. The molecule has 3 rings (SSSR count). The van der Waals surface area contributed by atoms with E-state index < -0.39 is 27.3 Å². The van der Waals surface area contributed by atoms with E-state index in [1.807, 2.05) is 0 Å². The van der Waals surface area contributed by atoms with Crippen LogP contribution in [0.15, 0.2) is 36.5 Å². The Morgan fingerprint density at radius 2 is 1.96 bits per heavy atom. The van der Waals surface area contributed by atoms with E-state index >= 15 is 0 Å². The number of amides is 2. The van der Waals surface area contributed by atoms with Crippen molar-refractivity contribution in [2.45, 2.75) is 20.8 Å². The number of hydrogen-bond acceptors (Lipinski definition) is 5. The summed E-state index contributed by atoms with van der Waals surface area (Å²) in [5.41, 5.74) is 0.376. The summed E-state index contributed by atoms with van der Waals surface area (Å²) in [7, 11) is -3.82. The highest BCUT2D eigenvalue weighted by Gasteiger charge is 2.50. The lowest BCUT2D eigenvalue weighted by molar-refractivity contribution is -0.123. The third-order valence-electron chi connectivity index (χ3n) is 4.17. The molecule has 0 atom stereocenters. The van der Waals surface area contributed by atoms with E-state index in [-0.39, 0.29) is 22.0 Å². The van der Waals surface area contributed by atoms with Crippen LogP contribution < -0.4 is 9.62 Å². The van der Waals surface area contributed by atoms with Crippen molar-refractivity contribution in [3.8, 4) is 0 Å². The minimum absolute atomic E-state index is 0.0661. The van der Waals surface area contributed by atoms with Crippen LogP contribution in [-0.2, 0) is 14.8 Å². The van der Waals surface area contributed by atoms with E-state index in [0.29, 0.717) is 5.69 Å². The SMILES string of the molecule is Cc1cc(NC(=O)c2cc(N3C(=O)C(C)(C)CS3(=O)=O)ccc2Cl)ccn1. The molecule has 2 heterocycles. The lowest BCUT2D eigenvalue weighted by Gasteiger charge is -2.18. The number of aromatic nitrogens is 1. The Kier molecular flexibility index (Phi) is 4.73. The normalized spacial score (nSPS) is 17.8. The van der Waals surface area contributed by atoms with Crippen molar-refractivity contribution in [1.29, 1.82) is 0 Å². The van der Waals surface area contributed by atoms with Gasteiger partial charge >= 0.3 is 0 Å². The number of halogens is 1. The van der Waals surface area contributed by atoms with Gasteiger partial charge in [-0.05, 0) is 51.1 Å². The number of benzene rings is 1. The van der Waals surface area contributed by atoms with Gasteiger partial charge in [0.2, 0.25) is 15.9 Å². The summed E-state index contributed by atoms with van der Waals surface area (Å²) >= 11 is 6.13. The standard InChI is InChI=1S/C18H18ClN3O4S/c1-11-8-12(6-7-20-11)21-16(23)14-9-13(4-5-15(14)19)22-17(24)18(2,3)10-27(22,25)26/h4-9H,10H2,1-3H3,(H,20,21,23). The van der Waals surface area contributed by atoms with E-state index in [9.17, 15) is 18.0 Å². The van der Waals surface area contributed by atoms with Crippen LogP contribution >= 0.6 is 11.6 Å². The first-order valence-corrected chi connectivity index (χ1v) is 10.1. The van der Waals surface area contributed by atoms with Gasteiger partial charge in [0, 0.05) is 17.6 Å². The monoisotopic (exact) mass is 407 g/mol. The molecule has 7 nitrogen and oxygen atoms in total. The molecule has 142 valence electrons. The van der Waals surface area contributed by atoms with Crippen LogP contribution in [0.3, 0.4) is 0 Å². The third kappa shape index (κ3) is 3.68. The molecule has 0 saturated carbocycles. The van der Waals surface area contributed by atoms with Crippen LogP contribution in [0.1, 0.15) is 29.9 Å². The summed E-state index contributed by atoms with van der Waals surface area (Å²) in [5, 5.41) is 2.83. The van der Waals surface area contributed by atoms with Crippen molar-refractivity contribution in [3.63, 3.8) is 0 Å². The molecule has 0 spiro atoms. The zero-order valence-electron chi connectivity index (χ0n) is 15.0. The highest BCUT2D eigenvalue weighted by Crippen LogP contribution is 2.37. The molecule has 1 aromatic carbocycles. The summed E-state index contributed by atoms with van der Waals surface area (Å²) in [6.45, 7) is 4.93. The molecule has 1 aliphatic rings. The number of pyridine rings is 1. The number of carbonyl (C=O) groups excluding carboxylic acids is 2. The van der Waals surface area contributed by atoms with Crippen LogP contribution in [0, 0.1) is 12.3 Å². The Bertz CT molecular complexity index is 1050. The molecule has 1 saturated heterocycles. The molecule has 27 heavy (non-hydrogen) atoms. The molecule has 1 fully saturated rings. The molecular formula is C18H18ClN3O4S. The van der Waals surface area contributed by atoms with E-state index in [0.717, 1.165) is 10.00 Å². The maximum Gasteiger partial charge on any atom is 0.257 e. The number of rotatable bonds is 3. The minimum atomic E-state index is -3.82. The van der Waals surface area contributed by atoms with Gasteiger partial charge in [0.05, 0.1) is 27.4 Å². The van der Waals surface area contributed by atoms with Gasteiger partial charge in [-0.15, -0.1) is 0 Å². The number of hydrogen-bond donors (Lipinski definition) is 1. The molecule has 1 aliphatic heterocycles. The first kappa shape index (κ1) is 19.3. The van der Waals surface area contributed by atoms with Crippen molar-refractivity contribution in [2.24, 2.45) is 5.41 Å². The molecule has 9 heteroatoms. The summed E-state index contributed by atoms with van der Waals surface area (Å²) in [6.07, 6.45) is 1.56. The van der Waals surface area contributed by atoms with Crippen LogP contribution in [0.4, 0.5) is 11.4 Å². The van der Waals surface area contributed by atoms with Crippen LogP contribution in [0.2, 0.25) is 5.02 Å². The second-order valence-electron chi connectivity index (χ2n) is 7.01. The molecule has 1 aromatic heterocycles. The number of nitrogens with one attached hydrogen (secondary N) is 1. The maximum atomic E-state index is 12.6. The average Bonchev–Trinajstić information content (AvgIpc) is 2.71. The number of anilines is 2. The zero-order valence-corrected chi connectivity index (χ0v) is 16.6. The Hall–Kier alpha value is -2.45. The van der Waals surface area contributed by atoms with Crippen LogP contribution in [0.25, 0.3) is 0 Å². The van der Waals surface area contributed by atoms with Crippen molar-refractivity contribution in [3.05, 3.63) is 52.8 Å². The summed E-state index contributed by atoms with van der Waals surface area (Å²) in [4.78, 5) is 29.2. The van der Waals surface area contributed by atoms with Crippen LogP contribution in [0.5, 0.6) is 0 Å². The fourth-order valence-electron chi connectivity index (χ4n) is 2.90. The molecule has 0 radical (unpaired) electrons. The number of nitrogens with zero attached hydrogens (tertiary/aromatic N) is 2. The van der Waals surface area contributed by atoms with Crippen LogP contribution in [-0.4, -0.2) is 31.0 Å². The van der Waals surface area contributed by atoms with E-state index in [1.165, 1.54) is 18.2 Å². The fraction of sp³-hybridized carbons (Fsp3) is 0.278. The van der Waals surface area contributed by atoms with E-state index in [2.05, 4.69) is 10.3 Å². The van der Waals surface area contributed by atoms with Crippen molar-refractivity contribution >= 4 is 44.8 Å². The van der Waals surface area contributed by atoms with E-state index in [1.54, 1.807) is 39.1 Å². The first-order valence-electron chi connectivity index (χ1n) is 8.12. The topological polar surface area (TPSA) is 96.4 Å². The van der Waals surface area contributed by atoms with Gasteiger partial charge < -0.3 is 5.32 Å². The predicted octanol–water partition coefficient (Wildman–Crippen LogP) is 3.00. The summed E-state index contributed by atoms with van der Waals surface area (Å²) in [5.74, 6) is -1.35. The minimum Gasteiger partial charge on any atom is -0.322 e. The Morgan fingerprint density at radius 1 is 1.26 bits per heavy atom. The Morgan fingerprint density at radius 3 is 2.56 bits per heavy atom. The van der Waals surface area contributed by atoms with Gasteiger partial charge in [0.25, 0.3) is 5.91 Å². The van der Waals surface area contributed by atoms with Crippen molar-refractivity contribution < 1.29 is 18.0 Å². The first-order chi connectivity index (χ1) is 12.5. The smallest absolute Gasteiger partial charge is 0.257 e. The predicted molar refractivity (Wildman–Crippen MR) is 103 cm³/mol. The van der Waals surface area contributed by atoms with Crippen molar-refractivity contribution in [1.82, 2.24) is 4.98 Å². The molecule has 2 amide bonds. The van der Waals surface area contributed by atoms with Gasteiger partial charge in [-0.1, -0.05) is 11.6 Å². The highest BCUT2D eigenvalue weighted by atomic mass is 35.5. The average molecular weight is 408 g/mol. The molecule has 1 N–H and O–H groups in total. The largest absolute Gasteiger partial charge is 0.322 e. The van der Waals surface area contributed by atoms with Gasteiger partial charge in [-0.25, -0.2) is 12.7 Å². The Labute approximate surface area is 162 Å². The maximum absolute atomic E-state index is 12.6. The lowest BCUT2D eigenvalue weighted by atomic mass is 9.95. The molecule has 0 unspecified atom stereocenters. The molecular weight excluding hydrogens is 390 g/mol. The molecule has 0 aliphatic carbocycles. The quantitative estimate of drug-likeness (QED) is 0.843. The third-order valence-corrected chi connectivity index (χ3v) is 6.52. The number of sulfonamides is 1. The second kappa shape index (κ2) is 6.61. The zero-order chi connectivity index (χ0) is 20.0. The van der Waals surface area contributed by atoms with Gasteiger partial charge in [0.15, 0.2) is 0 Å². The van der Waals surface area contributed by atoms with Crippen molar-refractivity contribution in [2.75, 3.05) is 15.4 Å². The summed E-state index contributed by atoms with van der Waals surface area (Å²) in [6, 6.07) is 7.43. The highest BCUT2D eigenvalue weighted by molar-refractivity contribution is 7.94. The van der Waals surface area contributed by atoms with E-state index in [4.69, 9.17) is 11.6 Å². The van der Waals surface area contributed by atoms with Gasteiger partial charge in [-0.2, -0.15) is 0 Å². The summed E-state index contributed by atoms with van der Waals surface area (Å²) < 4.78 is 25.6. The fourth-order valence-corrected chi connectivity index (χ4v) is 5.20. The van der Waals surface area contributed by atoms with Gasteiger partial charge in [-0.3, -0.25) is 14.6 Å². The number of carbonyl (C=O) groups is 2. The molecule has 0 bridgehead atoms. The lowest BCUT2D eigenvalue weighted by Crippen LogP contribution is -2.33. The number of aryl methyl sites for hydroxylation is 1. The second-order valence-corrected chi connectivity index (χ2v) is 9.24.